The summed E-state index contributed by atoms with van der Waals surface area (Å²) in [6.45, 7) is 7.21. The largest absolute Gasteiger partial charge is 0.378 e. The molecule has 1 heterocycles. The van der Waals surface area contributed by atoms with E-state index in [1.54, 1.807) is 24.3 Å². The molecule has 3 rings (SSSR count). The summed E-state index contributed by atoms with van der Waals surface area (Å²) in [4.78, 5) is 27.7. The summed E-state index contributed by atoms with van der Waals surface area (Å²) in [6, 6.07) is 13.7. The summed E-state index contributed by atoms with van der Waals surface area (Å²) in [5, 5.41) is 6.34. The third-order valence-electron chi connectivity index (χ3n) is 4.95. The zero-order valence-electron chi connectivity index (χ0n) is 17.4. The van der Waals surface area contributed by atoms with Crippen molar-refractivity contribution in [2.75, 3.05) is 36.5 Å². The van der Waals surface area contributed by atoms with Crippen molar-refractivity contribution in [1.29, 1.82) is 0 Å². The Hall–Kier alpha value is -2.57. The average Bonchev–Trinajstić information content (AvgIpc) is 2.74. The van der Waals surface area contributed by atoms with Gasteiger partial charge in [0.2, 0.25) is 5.91 Å². The Morgan fingerprint density at radius 3 is 2.27 bits per heavy atom. The van der Waals surface area contributed by atoms with E-state index in [1.807, 2.05) is 38.1 Å². The van der Waals surface area contributed by atoms with Gasteiger partial charge in [-0.2, -0.15) is 0 Å². The number of hydrogen-bond donors (Lipinski definition) is 2. The molecule has 160 valence electrons. The molecular weight excluding hydrogens is 402 g/mol. The number of anilines is 2. The van der Waals surface area contributed by atoms with Gasteiger partial charge in [0, 0.05) is 35.1 Å². The molecule has 2 aromatic carbocycles. The molecule has 1 aliphatic rings. The topological polar surface area (TPSA) is 70.7 Å². The Kier molecular flexibility index (Phi) is 7.71. The van der Waals surface area contributed by atoms with Crippen LogP contribution in [0.3, 0.4) is 0 Å². The van der Waals surface area contributed by atoms with Gasteiger partial charge in [-0.3, -0.25) is 9.59 Å². The second kappa shape index (κ2) is 10.5. The van der Waals surface area contributed by atoms with Gasteiger partial charge in [0.15, 0.2) is 0 Å². The zero-order chi connectivity index (χ0) is 21.5. The van der Waals surface area contributed by atoms with Crippen LogP contribution in [0.1, 0.15) is 30.6 Å². The molecule has 0 radical (unpaired) electrons. The minimum atomic E-state index is -0.632. The van der Waals surface area contributed by atoms with Crippen LogP contribution in [0.5, 0.6) is 0 Å². The highest BCUT2D eigenvalue weighted by molar-refractivity contribution is 6.30. The molecule has 0 aromatic heterocycles. The first-order chi connectivity index (χ1) is 14.4. The average molecular weight is 430 g/mol. The number of ether oxygens (including phenoxy) is 1. The van der Waals surface area contributed by atoms with Gasteiger partial charge in [0.1, 0.15) is 6.04 Å². The van der Waals surface area contributed by atoms with E-state index >= 15 is 0 Å². The van der Waals surface area contributed by atoms with Gasteiger partial charge in [0.25, 0.3) is 5.91 Å². The number of amides is 2. The Balaban J connectivity index is 1.64. The first-order valence-electron chi connectivity index (χ1n) is 10.2. The lowest BCUT2D eigenvalue weighted by Crippen LogP contribution is -2.44. The van der Waals surface area contributed by atoms with Crippen molar-refractivity contribution in [1.82, 2.24) is 5.32 Å². The standard InChI is InChI=1S/C23H28ClN3O3/c1-16(2)15-21(26-22(28)17-3-5-18(24)6-4-17)23(29)25-19-7-9-20(10-8-19)27-11-13-30-14-12-27/h3-10,16,21H,11-15H2,1-2H3,(H,25,29)(H,26,28). The van der Waals surface area contributed by atoms with Gasteiger partial charge in [-0.25, -0.2) is 0 Å². The first-order valence-corrected chi connectivity index (χ1v) is 10.6. The van der Waals surface area contributed by atoms with Crippen molar-refractivity contribution in [2.24, 2.45) is 5.92 Å². The lowest BCUT2D eigenvalue weighted by atomic mass is 10.0. The smallest absolute Gasteiger partial charge is 0.251 e. The maximum Gasteiger partial charge on any atom is 0.251 e. The fourth-order valence-electron chi connectivity index (χ4n) is 3.35. The monoisotopic (exact) mass is 429 g/mol. The number of benzene rings is 2. The van der Waals surface area contributed by atoms with Crippen LogP contribution in [0.15, 0.2) is 48.5 Å². The quantitative estimate of drug-likeness (QED) is 0.698. The molecule has 1 fully saturated rings. The Bertz CT molecular complexity index is 847. The first kappa shape index (κ1) is 22.1. The summed E-state index contributed by atoms with van der Waals surface area (Å²) >= 11 is 5.89. The summed E-state index contributed by atoms with van der Waals surface area (Å²) in [5.74, 6) is -0.282. The highest BCUT2D eigenvalue weighted by Gasteiger charge is 2.23. The van der Waals surface area contributed by atoms with Crippen molar-refractivity contribution < 1.29 is 14.3 Å². The summed E-state index contributed by atoms with van der Waals surface area (Å²) in [5.41, 5.74) is 2.27. The maximum absolute atomic E-state index is 12.9. The maximum atomic E-state index is 12.9. The van der Waals surface area contributed by atoms with E-state index in [0.29, 0.717) is 22.7 Å². The number of halogens is 1. The molecule has 6 nitrogen and oxygen atoms in total. The summed E-state index contributed by atoms with van der Waals surface area (Å²) in [7, 11) is 0. The summed E-state index contributed by atoms with van der Waals surface area (Å²) in [6.07, 6.45) is 0.539. The predicted molar refractivity (Wildman–Crippen MR) is 120 cm³/mol. The number of morpholine rings is 1. The van der Waals surface area contributed by atoms with Crippen LogP contribution in [0.4, 0.5) is 11.4 Å². The Morgan fingerprint density at radius 2 is 1.67 bits per heavy atom. The fraction of sp³-hybridized carbons (Fsp3) is 0.391. The molecule has 0 aliphatic carbocycles. The highest BCUT2D eigenvalue weighted by Crippen LogP contribution is 2.20. The fourth-order valence-corrected chi connectivity index (χ4v) is 3.48. The third kappa shape index (κ3) is 6.21. The molecule has 0 spiro atoms. The molecule has 30 heavy (non-hydrogen) atoms. The van der Waals surface area contributed by atoms with Crippen LogP contribution in [0.25, 0.3) is 0 Å². The van der Waals surface area contributed by atoms with Gasteiger partial charge >= 0.3 is 0 Å². The van der Waals surface area contributed by atoms with Crippen LogP contribution in [0, 0.1) is 5.92 Å². The molecule has 1 unspecified atom stereocenters. The molecule has 2 amide bonds. The van der Waals surface area contributed by atoms with Gasteiger partial charge in [-0.1, -0.05) is 25.4 Å². The van der Waals surface area contributed by atoms with E-state index in [1.165, 1.54) is 0 Å². The lowest BCUT2D eigenvalue weighted by Gasteiger charge is -2.29. The molecule has 7 heteroatoms. The van der Waals surface area contributed by atoms with Gasteiger partial charge in [0.05, 0.1) is 13.2 Å². The number of rotatable bonds is 7. The second-order valence-corrected chi connectivity index (χ2v) is 8.23. The summed E-state index contributed by atoms with van der Waals surface area (Å²) < 4.78 is 5.39. The minimum Gasteiger partial charge on any atom is -0.378 e. The molecule has 2 N–H and O–H groups in total. The van der Waals surface area contributed by atoms with Crippen molar-refractivity contribution in [3.63, 3.8) is 0 Å². The van der Waals surface area contributed by atoms with E-state index < -0.39 is 6.04 Å². The van der Waals surface area contributed by atoms with Crippen LogP contribution in [0.2, 0.25) is 5.02 Å². The molecule has 0 bridgehead atoms. The van der Waals surface area contributed by atoms with Crippen molar-refractivity contribution >= 4 is 34.8 Å². The number of carbonyl (C=O) groups is 2. The van der Waals surface area contributed by atoms with Gasteiger partial charge < -0.3 is 20.3 Å². The van der Waals surface area contributed by atoms with Gasteiger partial charge in [-0.05, 0) is 60.9 Å². The van der Waals surface area contributed by atoms with Crippen molar-refractivity contribution in [3.05, 3.63) is 59.1 Å². The number of nitrogens with zero attached hydrogens (tertiary/aromatic N) is 1. The van der Waals surface area contributed by atoms with E-state index in [4.69, 9.17) is 16.3 Å². The van der Waals surface area contributed by atoms with Crippen molar-refractivity contribution in [2.45, 2.75) is 26.3 Å². The van der Waals surface area contributed by atoms with E-state index in [2.05, 4.69) is 15.5 Å². The van der Waals surface area contributed by atoms with Crippen LogP contribution in [-0.2, 0) is 9.53 Å². The predicted octanol–water partition coefficient (Wildman–Crippen LogP) is 3.96. The second-order valence-electron chi connectivity index (χ2n) is 7.80. The Morgan fingerprint density at radius 1 is 1.03 bits per heavy atom. The van der Waals surface area contributed by atoms with Crippen LogP contribution >= 0.6 is 11.6 Å². The molecule has 0 saturated carbocycles. The molecular formula is C23H28ClN3O3. The number of nitrogens with one attached hydrogen (secondary N) is 2. The van der Waals surface area contributed by atoms with Gasteiger partial charge in [-0.15, -0.1) is 0 Å². The molecule has 1 aliphatic heterocycles. The number of hydrogen-bond acceptors (Lipinski definition) is 4. The highest BCUT2D eigenvalue weighted by atomic mass is 35.5. The van der Waals surface area contributed by atoms with E-state index in [-0.39, 0.29) is 17.7 Å². The van der Waals surface area contributed by atoms with E-state index in [0.717, 1.165) is 32.0 Å². The molecule has 1 saturated heterocycles. The molecule has 2 aromatic rings. The Labute approximate surface area is 182 Å². The van der Waals surface area contributed by atoms with Crippen LogP contribution < -0.4 is 15.5 Å². The normalized spacial score (nSPS) is 15.0. The minimum absolute atomic E-state index is 0.231. The van der Waals surface area contributed by atoms with Crippen molar-refractivity contribution in [3.8, 4) is 0 Å². The van der Waals surface area contributed by atoms with Crippen LogP contribution in [-0.4, -0.2) is 44.2 Å². The SMILES string of the molecule is CC(C)CC(NC(=O)c1ccc(Cl)cc1)C(=O)Nc1ccc(N2CCOCC2)cc1. The van der Waals surface area contributed by atoms with E-state index in [9.17, 15) is 9.59 Å². The molecule has 1 atom stereocenters. The third-order valence-corrected chi connectivity index (χ3v) is 5.20. The zero-order valence-corrected chi connectivity index (χ0v) is 18.1. The lowest BCUT2D eigenvalue weighted by molar-refractivity contribution is -0.118. The number of carbonyl (C=O) groups excluding carboxylic acids is 2.